The number of aromatic nitrogens is 2. The second kappa shape index (κ2) is 7.56. The number of carbonyl (C=O) groups is 1. The minimum Gasteiger partial charge on any atom is -0.352 e. The number of aryl methyl sites for hydroxylation is 1. The molecule has 0 fully saturated rings. The number of hydrogen-bond donors (Lipinski definition) is 2. The van der Waals surface area contributed by atoms with Crippen LogP contribution < -0.4 is 10.6 Å². The first-order valence-corrected chi connectivity index (χ1v) is 9.40. The summed E-state index contributed by atoms with van der Waals surface area (Å²) in [5.41, 5.74) is 7.11. The summed E-state index contributed by atoms with van der Waals surface area (Å²) in [7, 11) is 0. The Hall–Kier alpha value is -2.99. The zero-order valence-electron chi connectivity index (χ0n) is 16.1. The van der Waals surface area contributed by atoms with Gasteiger partial charge < -0.3 is 10.6 Å². The van der Waals surface area contributed by atoms with E-state index in [2.05, 4.69) is 33.9 Å². The second-order valence-electron chi connectivity index (χ2n) is 7.20. The van der Waals surface area contributed by atoms with E-state index in [1.165, 1.54) is 23.3 Å². The first-order chi connectivity index (χ1) is 13.5. The van der Waals surface area contributed by atoms with Crippen molar-refractivity contribution < 1.29 is 9.18 Å². The summed E-state index contributed by atoms with van der Waals surface area (Å²) in [4.78, 5) is 12.5. The van der Waals surface area contributed by atoms with Crippen LogP contribution in [0.15, 0.2) is 42.5 Å². The highest BCUT2D eigenvalue weighted by atomic mass is 19.1. The van der Waals surface area contributed by atoms with Gasteiger partial charge in [-0.05, 0) is 54.8 Å². The molecule has 1 amide bonds. The first-order valence-electron chi connectivity index (χ1n) is 9.40. The molecule has 0 unspecified atom stereocenters. The summed E-state index contributed by atoms with van der Waals surface area (Å²) in [5, 5.41) is 10.9. The lowest BCUT2D eigenvalue weighted by molar-refractivity contribution is -0.120. The van der Waals surface area contributed by atoms with Gasteiger partial charge in [0.25, 0.3) is 0 Å². The predicted molar refractivity (Wildman–Crippen MR) is 106 cm³/mol. The van der Waals surface area contributed by atoms with Crippen molar-refractivity contribution in [3.8, 4) is 5.69 Å². The third-order valence-corrected chi connectivity index (χ3v) is 5.24. The van der Waals surface area contributed by atoms with Crippen LogP contribution in [0.3, 0.4) is 0 Å². The molecule has 1 aromatic heterocycles. The summed E-state index contributed by atoms with van der Waals surface area (Å²) in [6.07, 6.45) is 0.269. The topological polar surface area (TPSA) is 59.0 Å². The van der Waals surface area contributed by atoms with E-state index in [4.69, 9.17) is 0 Å². The molecule has 144 valence electrons. The molecule has 1 aliphatic heterocycles. The van der Waals surface area contributed by atoms with Crippen molar-refractivity contribution in [2.24, 2.45) is 0 Å². The second-order valence-corrected chi connectivity index (χ2v) is 7.20. The maximum Gasteiger partial charge on any atom is 0.224 e. The summed E-state index contributed by atoms with van der Waals surface area (Å²) in [6.45, 7) is 6.13. The summed E-state index contributed by atoms with van der Waals surface area (Å²) >= 11 is 0. The molecule has 6 heteroatoms. The quantitative estimate of drug-likeness (QED) is 0.717. The molecule has 0 aliphatic carbocycles. The van der Waals surface area contributed by atoms with Crippen LogP contribution in [0.25, 0.3) is 5.69 Å². The van der Waals surface area contributed by atoms with E-state index in [0.717, 1.165) is 41.3 Å². The van der Waals surface area contributed by atoms with Crippen LogP contribution in [0.1, 0.15) is 33.6 Å². The van der Waals surface area contributed by atoms with Crippen LogP contribution in [-0.2, 0) is 30.8 Å². The lowest BCUT2D eigenvalue weighted by Crippen LogP contribution is -2.25. The van der Waals surface area contributed by atoms with E-state index in [9.17, 15) is 9.18 Å². The third-order valence-electron chi connectivity index (χ3n) is 5.24. The predicted octanol–water partition coefficient (Wildman–Crippen LogP) is 3.09. The molecular weight excluding hydrogens is 355 g/mol. The van der Waals surface area contributed by atoms with Crippen molar-refractivity contribution in [1.29, 1.82) is 0 Å². The van der Waals surface area contributed by atoms with E-state index in [1.54, 1.807) is 16.8 Å². The summed E-state index contributed by atoms with van der Waals surface area (Å²) < 4.78 is 14.9. The van der Waals surface area contributed by atoms with Gasteiger partial charge in [0.15, 0.2) is 0 Å². The number of nitrogens with one attached hydrogen (secondary N) is 2. The molecule has 1 aliphatic rings. The van der Waals surface area contributed by atoms with Gasteiger partial charge in [0.2, 0.25) is 5.91 Å². The smallest absolute Gasteiger partial charge is 0.224 e. The summed E-state index contributed by atoms with van der Waals surface area (Å²) in [5.74, 6) is -0.323. The van der Waals surface area contributed by atoms with Gasteiger partial charge in [-0.15, -0.1) is 0 Å². The molecule has 2 N–H and O–H groups in total. The normalized spacial score (nSPS) is 12.8. The molecule has 2 aromatic carbocycles. The molecule has 0 saturated heterocycles. The SMILES string of the molecule is Cc1nn(-c2ccc(F)cc2)c(C)c1CC(=O)NCc1ccc2c(c1)CNC2. The van der Waals surface area contributed by atoms with E-state index < -0.39 is 0 Å². The number of hydrogen-bond acceptors (Lipinski definition) is 3. The minimum atomic E-state index is -0.285. The van der Waals surface area contributed by atoms with E-state index in [1.807, 2.05) is 13.8 Å². The van der Waals surface area contributed by atoms with Gasteiger partial charge >= 0.3 is 0 Å². The molecule has 0 radical (unpaired) electrons. The highest BCUT2D eigenvalue weighted by molar-refractivity contribution is 5.79. The Labute approximate surface area is 163 Å². The number of benzene rings is 2. The van der Waals surface area contributed by atoms with Crippen LogP contribution in [0.2, 0.25) is 0 Å². The minimum absolute atomic E-state index is 0.0384. The van der Waals surface area contributed by atoms with E-state index in [-0.39, 0.29) is 18.1 Å². The van der Waals surface area contributed by atoms with Crippen molar-refractivity contribution in [3.05, 3.63) is 81.9 Å². The number of amides is 1. The van der Waals surface area contributed by atoms with Gasteiger partial charge in [0, 0.05) is 30.9 Å². The van der Waals surface area contributed by atoms with Crippen LogP contribution >= 0.6 is 0 Å². The van der Waals surface area contributed by atoms with Crippen molar-refractivity contribution in [2.75, 3.05) is 0 Å². The average Bonchev–Trinajstić information content (AvgIpc) is 3.26. The van der Waals surface area contributed by atoms with Gasteiger partial charge in [-0.25, -0.2) is 9.07 Å². The molecule has 28 heavy (non-hydrogen) atoms. The highest BCUT2D eigenvalue weighted by Gasteiger charge is 2.16. The fourth-order valence-corrected chi connectivity index (χ4v) is 3.65. The Morgan fingerprint density at radius 3 is 2.68 bits per heavy atom. The zero-order valence-corrected chi connectivity index (χ0v) is 16.1. The molecule has 0 atom stereocenters. The lowest BCUT2D eigenvalue weighted by Gasteiger charge is -2.08. The molecule has 5 nitrogen and oxygen atoms in total. The van der Waals surface area contributed by atoms with Gasteiger partial charge in [-0.1, -0.05) is 18.2 Å². The fourth-order valence-electron chi connectivity index (χ4n) is 3.65. The van der Waals surface area contributed by atoms with Crippen LogP contribution in [0.4, 0.5) is 4.39 Å². The van der Waals surface area contributed by atoms with Crippen LogP contribution in [0.5, 0.6) is 0 Å². The van der Waals surface area contributed by atoms with Crippen molar-refractivity contribution >= 4 is 5.91 Å². The lowest BCUT2D eigenvalue weighted by atomic mass is 10.1. The maximum absolute atomic E-state index is 13.2. The molecule has 0 saturated carbocycles. The Balaban J connectivity index is 1.44. The number of halogens is 1. The van der Waals surface area contributed by atoms with Gasteiger partial charge in [-0.3, -0.25) is 4.79 Å². The van der Waals surface area contributed by atoms with Crippen LogP contribution in [-0.4, -0.2) is 15.7 Å². The van der Waals surface area contributed by atoms with Crippen molar-refractivity contribution in [2.45, 2.75) is 39.9 Å². The molecule has 4 rings (SSSR count). The van der Waals surface area contributed by atoms with Gasteiger partial charge in [-0.2, -0.15) is 5.10 Å². The Bertz CT molecular complexity index is 1020. The molecular formula is C22H23FN4O. The fraction of sp³-hybridized carbons (Fsp3) is 0.273. The Morgan fingerprint density at radius 2 is 1.89 bits per heavy atom. The van der Waals surface area contributed by atoms with E-state index in [0.29, 0.717) is 6.54 Å². The standard InChI is InChI=1S/C22H23FN4O/c1-14-21(15(2)27(26-14)20-7-5-19(23)6-8-20)10-22(28)25-11-16-3-4-17-12-24-13-18(17)9-16/h3-9,24H,10-13H2,1-2H3,(H,25,28). The monoisotopic (exact) mass is 378 g/mol. The molecule has 0 spiro atoms. The number of nitrogens with zero attached hydrogens (tertiary/aromatic N) is 2. The van der Waals surface area contributed by atoms with E-state index >= 15 is 0 Å². The zero-order chi connectivity index (χ0) is 19.7. The molecule has 3 aromatic rings. The number of rotatable bonds is 5. The summed E-state index contributed by atoms with van der Waals surface area (Å²) in [6, 6.07) is 12.5. The Morgan fingerprint density at radius 1 is 1.14 bits per heavy atom. The number of fused-ring (bicyclic) bond motifs is 1. The number of carbonyl (C=O) groups excluding carboxylic acids is 1. The van der Waals surface area contributed by atoms with Gasteiger partial charge in [0.05, 0.1) is 17.8 Å². The maximum atomic E-state index is 13.2. The highest BCUT2D eigenvalue weighted by Crippen LogP contribution is 2.19. The molecule has 2 heterocycles. The largest absolute Gasteiger partial charge is 0.352 e. The molecule has 0 bridgehead atoms. The van der Waals surface area contributed by atoms with Crippen molar-refractivity contribution in [3.63, 3.8) is 0 Å². The third kappa shape index (κ3) is 3.68. The van der Waals surface area contributed by atoms with Gasteiger partial charge in [0.1, 0.15) is 5.82 Å². The van der Waals surface area contributed by atoms with Crippen molar-refractivity contribution in [1.82, 2.24) is 20.4 Å². The first kappa shape index (κ1) is 18.4. The average molecular weight is 378 g/mol. The van der Waals surface area contributed by atoms with Crippen LogP contribution in [0, 0.1) is 19.7 Å². The Kier molecular flexibility index (Phi) is 4.96.